The van der Waals surface area contributed by atoms with Crippen molar-refractivity contribution in [1.29, 1.82) is 0 Å². The molecule has 2 amide bonds. The zero-order valence-electron chi connectivity index (χ0n) is 16.4. The van der Waals surface area contributed by atoms with Gasteiger partial charge in [-0.2, -0.15) is 5.10 Å². The summed E-state index contributed by atoms with van der Waals surface area (Å²) in [5.41, 5.74) is 3.42. The van der Waals surface area contributed by atoms with Gasteiger partial charge < -0.3 is 15.4 Å². The second-order valence-corrected chi connectivity index (χ2v) is 7.72. The van der Waals surface area contributed by atoms with Crippen LogP contribution in [0.5, 0.6) is 5.75 Å². The summed E-state index contributed by atoms with van der Waals surface area (Å²) < 4.78 is 5.14. The first-order valence-electron chi connectivity index (χ1n) is 9.05. The van der Waals surface area contributed by atoms with Gasteiger partial charge in [-0.1, -0.05) is 29.5 Å². The lowest BCUT2D eigenvalue weighted by Gasteiger charge is -2.07. The first kappa shape index (κ1) is 20.6. The topological polar surface area (TPSA) is 92.2 Å². The third kappa shape index (κ3) is 5.68. The SMILES string of the molecule is COc1ccc(/C(C)=N/N=C2/NC(=O)C(CC(=O)Nc3ccc(C)cc3)S2)cc1. The number of methoxy groups -OCH3 is 1. The summed E-state index contributed by atoms with van der Waals surface area (Å²) in [7, 11) is 1.61. The van der Waals surface area contributed by atoms with Crippen molar-refractivity contribution in [1.82, 2.24) is 5.32 Å². The molecule has 1 aliphatic heterocycles. The molecular formula is C21H22N4O3S. The number of ether oxygens (including phenoxy) is 1. The van der Waals surface area contributed by atoms with Crippen LogP contribution in [-0.4, -0.2) is 35.1 Å². The van der Waals surface area contributed by atoms with Crippen LogP contribution in [0.15, 0.2) is 58.7 Å². The Hall–Kier alpha value is -3.13. The smallest absolute Gasteiger partial charge is 0.240 e. The monoisotopic (exact) mass is 410 g/mol. The van der Waals surface area contributed by atoms with E-state index in [0.717, 1.165) is 16.9 Å². The number of aryl methyl sites for hydroxylation is 1. The van der Waals surface area contributed by atoms with Crippen molar-refractivity contribution < 1.29 is 14.3 Å². The summed E-state index contributed by atoms with van der Waals surface area (Å²) >= 11 is 1.20. The van der Waals surface area contributed by atoms with Crippen molar-refractivity contribution in [2.45, 2.75) is 25.5 Å². The summed E-state index contributed by atoms with van der Waals surface area (Å²) in [4.78, 5) is 24.4. The molecule has 3 rings (SSSR count). The summed E-state index contributed by atoms with van der Waals surface area (Å²) in [6.45, 7) is 3.81. The van der Waals surface area contributed by atoms with E-state index < -0.39 is 5.25 Å². The van der Waals surface area contributed by atoms with Crippen molar-refractivity contribution in [2.24, 2.45) is 10.2 Å². The van der Waals surface area contributed by atoms with E-state index in [2.05, 4.69) is 20.8 Å². The third-order valence-corrected chi connectivity index (χ3v) is 5.35. The van der Waals surface area contributed by atoms with Crippen LogP contribution in [0, 0.1) is 6.92 Å². The third-order valence-electron chi connectivity index (χ3n) is 4.28. The van der Waals surface area contributed by atoms with E-state index in [1.807, 2.05) is 62.4 Å². The second kappa shape index (κ2) is 9.38. The van der Waals surface area contributed by atoms with Gasteiger partial charge in [0.25, 0.3) is 0 Å². The molecule has 1 unspecified atom stereocenters. The van der Waals surface area contributed by atoms with E-state index in [1.54, 1.807) is 7.11 Å². The number of rotatable bonds is 6. The van der Waals surface area contributed by atoms with Gasteiger partial charge >= 0.3 is 0 Å². The Morgan fingerprint density at radius 2 is 1.86 bits per heavy atom. The highest BCUT2D eigenvalue weighted by Crippen LogP contribution is 2.23. The van der Waals surface area contributed by atoms with E-state index >= 15 is 0 Å². The van der Waals surface area contributed by atoms with Gasteiger partial charge in [0.05, 0.1) is 12.8 Å². The number of hydrogen-bond acceptors (Lipinski definition) is 6. The Balaban J connectivity index is 1.58. The minimum atomic E-state index is -0.532. The fourth-order valence-electron chi connectivity index (χ4n) is 2.61. The lowest BCUT2D eigenvalue weighted by molar-refractivity contribution is -0.122. The molecule has 150 valence electrons. The predicted octanol–water partition coefficient (Wildman–Crippen LogP) is 3.34. The Morgan fingerprint density at radius 3 is 2.52 bits per heavy atom. The molecule has 1 heterocycles. The maximum atomic E-state index is 12.2. The molecule has 1 fully saturated rings. The van der Waals surface area contributed by atoms with Gasteiger partial charge in [0.15, 0.2) is 5.17 Å². The van der Waals surface area contributed by atoms with Crippen LogP contribution in [0.2, 0.25) is 0 Å². The molecule has 7 nitrogen and oxygen atoms in total. The minimum Gasteiger partial charge on any atom is -0.497 e. The Bertz CT molecular complexity index is 953. The molecule has 2 N–H and O–H groups in total. The van der Waals surface area contributed by atoms with Gasteiger partial charge in [-0.25, -0.2) is 0 Å². The van der Waals surface area contributed by atoms with Crippen molar-refractivity contribution in [3.63, 3.8) is 0 Å². The van der Waals surface area contributed by atoms with Crippen LogP contribution in [0.1, 0.15) is 24.5 Å². The highest BCUT2D eigenvalue weighted by atomic mass is 32.2. The highest BCUT2D eigenvalue weighted by molar-refractivity contribution is 8.15. The number of thioether (sulfide) groups is 1. The summed E-state index contributed by atoms with van der Waals surface area (Å²) in [5, 5.41) is 13.6. The second-order valence-electron chi connectivity index (χ2n) is 6.53. The molecule has 2 aromatic rings. The average molecular weight is 410 g/mol. The molecule has 1 aliphatic rings. The molecule has 0 saturated carbocycles. The normalized spacial score (nSPS) is 17.9. The van der Waals surface area contributed by atoms with E-state index in [-0.39, 0.29) is 18.2 Å². The van der Waals surface area contributed by atoms with Crippen LogP contribution in [0.3, 0.4) is 0 Å². The number of nitrogens with one attached hydrogen (secondary N) is 2. The number of benzene rings is 2. The molecule has 8 heteroatoms. The largest absolute Gasteiger partial charge is 0.497 e. The Kier molecular flexibility index (Phi) is 6.66. The van der Waals surface area contributed by atoms with E-state index in [0.29, 0.717) is 16.6 Å². The van der Waals surface area contributed by atoms with Crippen LogP contribution < -0.4 is 15.4 Å². The van der Waals surface area contributed by atoms with E-state index in [1.165, 1.54) is 11.8 Å². The van der Waals surface area contributed by atoms with Crippen LogP contribution in [0.25, 0.3) is 0 Å². The van der Waals surface area contributed by atoms with Crippen molar-refractivity contribution in [3.8, 4) is 5.75 Å². The van der Waals surface area contributed by atoms with E-state index in [4.69, 9.17) is 4.74 Å². The van der Waals surface area contributed by atoms with E-state index in [9.17, 15) is 9.59 Å². The van der Waals surface area contributed by atoms with Gasteiger partial charge in [-0.15, -0.1) is 5.10 Å². The highest BCUT2D eigenvalue weighted by Gasteiger charge is 2.32. The Morgan fingerprint density at radius 1 is 1.17 bits per heavy atom. The fraction of sp³-hybridized carbons (Fsp3) is 0.238. The van der Waals surface area contributed by atoms with Crippen LogP contribution in [0.4, 0.5) is 5.69 Å². The molecule has 2 aromatic carbocycles. The molecule has 1 saturated heterocycles. The van der Waals surface area contributed by atoms with Crippen LogP contribution >= 0.6 is 11.8 Å². The predicted molar refractivity (Wildman–Crippen MR) is 117 cm³/mol. The maximum absolute atomic E-state index is 12.2. The number of amidine groups is 1. The van der Waals surface area contributed by atoms with Crippen molar-refractivity contribution >= 4 is 40.1 Å². The lowest BCUT2D eigenvalue weighted by atomic mass is 10.1. The number of nitrogens with zero attached hydrogens (tertiary/aromatic N) is 2. The summed E-state index contributed by atoms with van der Waals surface area (Å²) in [5.74, 6) is 0.295. The van der Waals surface area contributed by atoms with Crippen LogP contribution in [-0.2, 0) is 9.59 Å². The minimum absolute atomic E-state index is 0.0601. The summed E-state index contributed by atoms with van der Waals surface area (Å²) in [6, 6.07) is 15.0. The van der Waals surface area contributed by atoms with Gasteiger partial charge in [-0.3, -0.25) is 9.59 Å². The van der Waals surface area contributed by atoms with Crippen molar-refractivity contribution in [2.75, 3.05) is 12.4 Å². The molecular weight excluding hydrogens is 388 g/mol. The summed E-state index contributed by atoms with van der Waals surface area (Å²) in [6.07, 6.45) is 0.0601. The first-order chi connectivity index (χ1) is 13.9. The molecule has 0 radical (unpaired) electrons. The van der Waals surface area contributed by atoms with Gasteiger partial charge in [0.2, 0.25) is 11.8 Å². The zero-order valence-corrected chi connectivity index (χ0v) is 17.2. The number of carbonyl (C=O) groups is 2. The number of hydrogen-bond donors (Lipinski definition) is 2. The average Bonchev–Trinajstić information content (AvgIpc) is 3.07. The number of anilines is 1. The quantitative estimate of drug-likeness (QED) is 0.564. The lowest BCUT2D eigenvalue weighted by Crippen LogP contribution is -2.28. The molecule has 29 heavy (non-hydrogen) atoms. The molecule has 1 atom stereocenters. The zero-order chi connectivity index (χ0) is 20.8. The molecule has 0 aromatic heterocycles. The fourth-order valence-corrected chi connectivity index (χ4v) is 3.53. The van der Waals surface area contributed by atoms with Gasteiger partial charge in [0, 0.05) is 12.1 Å². The number of carbonyl (C=O) groups excluding carboxylic acids is 2. The number of amides is 2. The molecule has 0 spiro atoms. The van der Waals surface area contributed by atoms with Crippen molar-refractivity contribution in [3.05, 3.63) is 59.7 Å². The molecule has 0 bridgehead atoms. The van der Waals surface area contributed by atoms with Gasteiger partial charge in [0.1, 0.15) is 11.0 Å². The Labute approximate surface area is 173 Å². The first-order valence-corrected chi connectivity index (χ1v) is 9.93. The van der Waals surface area contributed by atoms with Gasteiger partial charge in [-0.05, 0) is 55.8 Å². The maximum Gasteiger partial charge on any atom is 0.240 e. The molecule has 0 aliphatic carbocycles. The standard InChI is InChI=1S/C21H22N4O3S/c1-13-4-8-16(9-5-13)22-19(26)12-18-20(27)23-21(29-18)25-24-14(2)15-6-10-17(28-3)11-7-15/h4-11,18H,12H2,1-3H3,(H,22,26)(H,23,25,27)/b24-14+.